The molecule has 3 aliphatic rings. The average molecular weight is 193 g/mol. The van der Waals surface area contributed by atoms with E-state index >= 15 is 0 Å². The zero-order valence-electron chi connectivity index (χ0n) is 9.63. The first kappa shape index (κ1) is 9.23. The van der Waals surface area contributed by atoms with Crippen LogP contribution in [0.1, 0.15) is 33.6 Å². The molecule has 0 radical (unpaired) electrons. The molecule has 3 heteroatoms. The monoisotopic (exact) mass is 193 g/mol. The van der Waals surface area contributed by atoms with Crippen molar-refractivity contribution in [1.29, 1.82) is 0 Å². The molecule has 14 heavy (non-hydrogen) atoms. The first-order chi connectivity index (χ1) is 6.47. The van der Waals surface area contributed by atoms with Crippen LogP contribution in [-0.4, -0.2) is 19.2 Å². The van der Waals surface area contributed by atoms with E-state index < -0.39 is 0 Å². The van der Waals surface area contributed by atoms with Crippen molar-refractivity contribution in [3.05, 3.63) is 0 Å². The topological polar surface area (TPSA) is 21.3 Å². The van der Waals surface area contributed by atoms with Gasteiger partial charge in [-0.2, -0.15) is 0 Å². The van der Waals surface area contributed by atoms with Gasteiger partial charge in [-0.3, -0.25) is 0 Å². The lowest BCUT2D eigenvalue weighted by atomic mass is 9.69. The maximum absolute atomic E-state index is 6.05. The first-order valence-corrected chi connectivity index (χ1v) is 5.88. The summed E-state index contributed by atoms with van der Waals surface area (Å²) in [7, 11) is 0.265. The van der Waals surface area contributed by atoms with Crippen LogP contribution in [0.2, 0.25) is 6.82 Å². The van der Waals surface area contributed by atoms with Crippen molar-refractivity contribution in [3.63, 3.8) is 0 Å². The third-order valence-electron chi connectivity index (χ3n) is 5.54. The summed E-state index contributed by atoms with van der Waals surface area (Å²) in [6.07, 6.45) is 3.19. The minimum atomic E-state index is 0.265. The second-order valence-corrected chi connectivity index (χ2v) is 6.18. The van der Waals surface area contributed by atoms with E-state index in [4.69, 9.17) is 4.65 Å². The lowest BCUT2D eigenvalue weighted by Gasteiger charge is -2.38. The van der Waals surface area contributed by atoms with E-state index in [0.29, 0.717) is 23.0 Å². The molecule has 1 N–H and O–H groups in total. The summed E-state index contributed by atoms with van der Waals surface area (Å²) < 4.78 is 6.05. The molecule has 4 unspecified atom stereocenters. The van der Waals surface area contributed by atoms with Gasteiger partial charge in [0, 0.05) is 6.04 Å². The Morgan fingerprint density at radius 3 is 2.71 bits per heavy atom. The highest BCUT2D eigenvalue weighted by molar-refractivity contribution is 6.48. The van der Waals surface area contributed by atoms with E-state index in [1.165, 1.54) is 12.8 Å². The summed E-state index contributed by atoms with van der Waals surface area (Å²) in [5.41, 5.74) is 0.857. The molecule has 3 rings (SSSR count). The Morgan fingerprint density at radius 1 is 1.36 bits per heavy atom. The maximum Gasteiger partial charge on any atom is 0.376 e. The van der Waals surface area contributed by atoms with Gasteiger partial charge in [-0.15, -0.1) is 0 Å². The molecule has 2 aliphatic carbocycles. The van der Waals surface area contributed by atoms with E-state index in [1.807, 2.05) is 0 Å². The lowest BCUT2D eigenvalue weighted by molar-refractivity contribution is 0.0362. The molecule has 0 aromatic carbocycles. The SMILES string of the molecule is CB1NC2C3CCC(C)(C2O1)C3(C)C. The number of hydrogen-bond donors (Lipinski definition) is 1. The average Bonchev–Trinajstić information content (AvgIpc) is 2.59. The third-order valence-corrected chi connectivity index (χ3v) is 5.54. The Hall–Kier alpha value is -0.0151. The van der Waals surface area contributed by atoms with Crippen LogP contribution in [0.15, 0.2) is 0 Å². The summed E-state index contributed by atoms with van der Waals surface area (Å²) in [5.74, 6) is 0.822. The summed E-state index contributed by atoms with van der Waals surface area (Å²) in [5, 5.41) is 3.61. The van der Waals surface area contributed by atoms with Gasteiger partial charge in [0.25, 0.3) is 0 Å². The Morgan fingerprint density at radius 2 is 2.07 bits per heavy atom. The van der Waals surface area contributed by atoms with Gasteiger partial charge in [0.1, 0.15) is 0 Å². The normalized spacial score (nSPS) is 54.0. The van der Waals surface area contributed by atoms with E-state index in [9.17, 15) is 0 Å². The van der Waals surface area contributed by atoms with Gasteiger partial charge in [0.2, 0.25) is 0 Å². The van der Waals surface area contributed by atoms with E-state index in [0.717, 1.165) is 5.92 Å². The van der Waals surface area contributed by atoms with Crippen molar-refractivity contribution >= 4 is 7.05 Å². The molecule has 2 saturated carbocycles. The van der Waals surface area contributed by atoms with Gasteiger partial charge in [-0.1, -0.05) is 20.8 Å². The van der Waals surface area contributed by atoms with Gasteiger partial charge in [-0.05, 0) is 36.4 Å². The highest BCUT2D eigenvalue weighted by Crippen LogP contribution is 2.67. The van der Waals surface area contributed by atoms with Crippen LogP contribution in [0.4, 0.5) is 0 Å². The maximum atomic E-state index is 6.05. The van der Waals surface area contributed by atoms with Crippen molar-refractivity contribution < 1.29 is 4.65 Å². The van der Waals surface area contributed by atoms with Crippen molar-refractivity contribution in [2.75, 3.05) is 0 Å². The Labute approximate surface area is 86.9 Å². The molecule has 0 aromatic heterocycles. The quantitative estimate of drug-likeness (QED) is 0.593. The molecule has 2 bridgehead atoms. The largest absolute Gasteiger partial charge is 0.417 e. The molecule has 1 saturated heterocycles. The molecule has 4 atom stereocenters. The number of hydrogen-bond acceptors (Lipinski definition) is 2. The van der Waals surface area contributed by atoms with E-state index in [1.54, 1.807) is 0 Å². The minimum absolute atomic E-state index is 0.265. The summed E-state index contributed by atoms with van der Waals surface area (Å²) in [6, 6.07) is 0.624. The summed E-state index contributed by atoms with van der Waals surface area (Å²) in [6.45, 7) is 9.42. The lowest BCUT2D eigenvalue weighted by Crippen LogP contribution is -2.40. The van der Waals surface area contributed by atoms with Crippen LogP contribution >= 0.6 is 0 Å². The van der Waals surface area contributed by atoms with Crippen molar-refractivity contribution in [3.8, 4) is 0 Å². The smallest absolute Gasteiger partial charge is 0.376 e. The molecule has 0 spiro atoms. The Kier molecular flexibility index (Phi) is 1.57. The molecule has 2 nitrogen and oxygen atoms in total. The highest BCUT2D eigenvalue weighted by atomic mass is 16.5. The fraction of sp³-hybridized carbons (Fsp3) is 1.00. The Balaban J connectivity index is 2.02. The second kappa shape index (κ2) is 2.38. The van der Waals surface area contributed by atoms with Crippen LogP contribution in [-0.2, 0) is 4.65 Å². The number of fused-ring (bicyclic) bond motifs is 5. The van der Waals surface area contributed by atoms with Crippen LogP contribution in [0, 0.1) is 16.7 Å². The zero-order valence-corrected chi connectivity index (χ0v) is 9.63. The van der Waals surface area contributed by atoms with Gasteiger partial charge >= 0.3 is 7.05 Å². The zero-order chi connectivity index (χ0) is 10.1. The van der Waals surface area contributed by atoms with Crippen molar-refractivity contribution in [2.24, 2.45) is 16.7 Å². The molecule has 78 valence electrons. The first-order valence-electron chi connectivity index (χ1n) is 5.88. The van der Waals surface area contributed by atoms with Crippen LogP contribution in [0.5, 0.6) is 0 Å². The molecule has 3 fully saturated rings. The minimum Gasteiger partial charge on any atom is -0.417 e. The number of rotatable bonds is 0. The molecule has 1 aliphatic heterocycles. The van der Waals surface area contributed by atoms with Crippen LogP contribution in [0.25, 0.3) is 0 Å². The van der Waals surface area contributed by atoms with Crippen LogP contribution < -0.4 is 5.23 Å². The van der Waals surface area contributed by atoms with E-state index in [2.05, 4.69) is 32.8 Å². The molecular formula is C11H20BNO. The predicted octanol–water partition coefficient (Wildman–Crippen LogP) is 1.92. The van der Waals surface area contributed by atoms with Crippen LogP contribution in [0.3, 0.4) is 0 Å². The third kappa shape index (κ3) is 0.783. The standard InChI is InChI=1S/C11H20BNO/c1-10(2)7-5-6-11(10,3)9-8(7)13-12(4)14-9/h7-9,13H,5-6H2,1-4H3. The van der Waals surface area contributed by atoms with Gasteiger partial charge in [-0.25, -0.2) is 0 Å². The second-order valence-electron chi connectivity index (χ2n) is 6.18. The molecule has 0 aromatic rings. The van der Waals surface area contributed by atoms with Gasteiger partial charge < -0.3 is 9.88 Å². The van der Waals surface area contributed by atoms with E-state index in [-0.39, 0.29) is 7.05 Å². The molecular weight excluding hydrogens is 173 g/mol. The van der Waals surface area contributed by atoms with Crippen molar-refractivity contribution in [2.45, 2.75) is 52.6 Å². The predicted molar refractivity (Wildman–Crippen MR) is 58.0 cm³/mol. The summed E-state index contributed by atoms with van der Waals surface area (Å²) in [4.78, 5) is 0. The molecule has 1 heterocycles. The summed E-state index contributed by atoms with van der Waals surface area (Å²) >= 11 is 0. The fourth-order valence-electron chi connectivity index (χ4n) is 4.28. The molecule has 0 amide bonds. The van der Waals surface area contributed by atoms with Gasteiger partial charge in [0.05, 0.1) is 6.10 Å². The Bertz CT molecular complexity index is 280. The highest BCUT2D eigenvalue weighted by Gasteiger charge is 2.68. The fourth-order valence-corrected chi connectivity index (χ4v) is 4.28. The number of nitrogens with one attached hydrogen (secondary N) is 1. The van der Waals surface area contributed by atoms with Crippen molar-refractivity contribution in [1.82, 2.24) is 5.23 Å². The van der Waals surface area contributed by atoms with Gasteiger partial charge in [0.15, 0.2) is 0 Å².